The quantitative estimate of drug-likeness (QED) is 0.828. The van der Waals surface area contributed by atoms with Gasteiger partial charge in [0.25, 0.3) is 5.91 Å². The van der Waals surface area contributed by atoms with Crippen LogP contribution in [0, 0.1) is 0 Å². The first-order valence-corrected chi connectivity index (χ1v) is 5.15. The molecule has 0 aliphatic carbocycles. The van der Waals surface area contributed by atoms with Crippen LogP contribution in [-0.4, -0.2) is 12.3 Å². The van der Waals surface area contributed by atoms with E-state index in [-0.39, 0.29) is 6.04 Å². The first kappa shape index (κ1) is 11.1. The highest BCUT2D eigenvalue weighted by atomic mass is 32.1. The van der Waals surface area contributed by atoms with Gasteiger partial charge in [-0.3, -0.25) is 4.79 Å². The van der Waals surface area contributed by atoms with E-state index in [0.29, 0.717) is 6.42 Å². The van der Waals surface area contributed by atoms with Crippen molar-refractivity contribution in [3.05, 3.63) is 22.4 Å². The number of hydrogen-bond acceptors (Lipinski definition) is 2. The smallest absolute Gasteiger partial charge is 0.315 e. The Balaban J connectivity index is 2.61. The average Bonchev–Trinajstić information content (AvgIpc) is 2.66. The summed E-state index contributed by atoms with van der Waals surface area (Å²) >= 11 is 1.45. The van der Waals surface area contributed by atoms with Crippen LogP contribution >= 0.6 is 11.3 Å². The lowest BCUT2D eigenvalue weighted by molar-refractivity contribution is -0.132. The molecule has 1 atom stereocenters. The highest BCUT2D eigenvalue weighted by Crippen LogP contribution is 2.21. The molecule has 0 spiro atoms. The Morgan fingerprint density at radius 3 is 2.79 bits per heavy atom. The first-order valence-electron chi connectivity index (χ1n) is 4.27. The van der Waals surface area contributed by atoms with Crippen molar-refractivity contribution >= 4 is 17.2 Å². The molecular weight excluding hydrogens is 208 g/mol. The monoisotopic (exact) mass is 219 g/mol. The van der Waals surface area contributed by atoms with Crippen LogP contribution in [-0.2, 0) is 4.79 Å². The molecule has 14 heavy (non-hydrogen) atoms. The predicted octanol–water partition coefficient (Wildman–Crippen LogP) is 2.58. The standard InChI is InChI=1S/C9H11F2NOS/c1-2-6(7-4-3-5-14-7)12-9(13)8(10)11/h3-6,8H,2H2,1H3,(H,12,13). The van der Waals surface area contributed by atoms with E-state index >= 15 is 0 Å². The number of carbonyl (C=O) groups excluding carboxylic acids is 1. The minimum atomic E-state index is -2.94. The van der Waals surface area contributed by atoms with Gasteiger partial charge in [-0.25, -0.2) is 0 Å². The second-order valence-corrected chi connectivity index (χ2v) is 3.76. The maximum absolute atomic E-state index is 12.0. The molecule has 78 valence electrons. The summed E-state index contributed by atoms with van der Waals surface area (Å²) in [6.45, 7) is 1.84. The summed E-state index contributed by atoms with van der Waals surface area (Å²) in [5.41, 5.74) is 0. The van der Waals surface area contributed by atoms with E-state index in [1.807, 2.05) is 24.4 Å². The van der Waals surface area contributed by atoms with Gasteiger partial charge in [-0.15, -0.1) is 11.3 Å². The second kappa shape index (κ2) is 5.05. The molecular formula is C9H11F2NOS. The van der Waals surface area contributed by atoms with Crippen molar-refractivity contribution in [3.8, 4) is 0 Å². The van der Waals surface area contributed by atoms with Crippen molar-refractivity contribution in [3.63, 3.8) is 0 Å². The lowest BCUT2D eigenvalue weighted by atomic mass is 10.2. The van der Waals surface area contributed by atoms with Gasteiger partial charge < -0.3 is 5.32 Å². The molecule has 1 unspecified atom stereocenters. The van der Waals surface area contributed by atoms with Gasteiger partial charge in [0, 0.05) is 4.88 Å². The van der Waals surface area contributed by atoms with E-state index in [1.54, 1.807) is 0 Å². The van der Waals surface area contributed by atoms with E-state index in [0.717, 1.165) is 4.88 Å². The SMILES string of the molecule is CCC(NC(=O)C(F)F)c1cccs1. The molecule has 0 aromatic carbocycles. The van der Waals surface area contributed by atoms with Gasteiger partial charge in [0.1, 0.15) is 0 Å². The Morgan fingerprint density at radius 2 is 2.36 bits per heavy atom. The largest absolute Gasteiger partial charge is 0.344 e. The molecule has 5 heteroatoms. The van der Waals surface area contributed by atoms with E-state index in [9.17, 15) is 13.6 Å². The van der Waals surface area contributed by atoms with E-state index in [1.165, 1.54) is 11.3 Å². The van der Waals surface area contributed by atoms with Gasteiger partial charge in [0.2, 0.25) is 0 Å². The van der Waals surface area contributed by atoms with Crippen molar-refractivity contribution in [2.24, 2.45) is 0 Å². The molecule has 1 rings (SSSR count). The fraction of sp³-hybridized carbons (Fsp3) is 0.444. The first-order chi connectivity index (χ1) is 6.65. The number of rotatable bonds is 4. The van der Waals surface area contributed by atoms with Crippen LogP contribution in [0.5, 0.6) is 0 Å². The predicted molar refractivity (Wildman–Crippen MR) is 51.5 cm³/mol. The van der Waals surface area contributed by atoms with E-state index < -0.39 is 12.3 Å². The number of alkyl halides is 2. The normalized spacial score (nSPS) is 12.9. The summed E-state index contributed by atoms with van der Waals surface area (Å²) < 4.78 is 23.9. The molecule has 2 nitrogen and oxygen atoms in total. The van der Waals surface area contributed by atoms with Gasteiger partial charge >= 0.3 is 6.43 Å². The van der Waals surface area contributed by atoms with Gasteiger partial charge in [-0.05, 0) is 17.9 Å². The highest BCUT2D eigenvalue weighted by Gasteiger charge is 2.20. The number of halogens is 2. The molecule has 0 radical (unpaired) electrons. The van der Waals surface area contributed by atoms with Crippen LogP contribution in [0.15, 0.2) is 17.5 Å². The summed E-state index contributed by atoms with van der Waals surface area (Å²) in [7, 11) is 0. The molecule has 1 aromatic rings. The number of nitrogens with one attached hydrogen (secondary N) is 1. The zero-order valence-electron chi connectivity index (χ0n) is 7.67. The lowest BCUT2D eigenvalue weighted by Crippen LogP contribution is -2.32. The van der Waals surface area contributed by atoms with Crippen LogP contribution in [0.25, 0.3) is 0 Å². The van der Waals surface area contributed by atoms with Crippen molar-refractivity contribution in [1.29, 1.82) is 0 Å². The third kappa shape index (κ3) is 2.77. The van der Waals surface area contributed by atoms with Crippen molar-refractivity contribution in [1.82, 2.24) is 5.32 Å². The molecule has 0 fully saturated rings. The Labute approximate surface area is 84.9 Å². The van der Waals surface area contributed by atoms with Gasteiger partial charge in [-0.2, -0.15) is 8.78 Å². The van der Waals surface area contributed by atoms with Crippen LogP contribution < -0.4 is 5.32 Å². The van der Waals surface area contributed by atoms with Crippen LogP contribution in [0.3, 0.4) is 0 Å². The molecule has 0 saturated heterocycles. The highest BCUT2D eigenvalue weighted by molar-refractivity contribution is 7.10. The zero-order valence-corrected chi connectivity index (χ0v) is 8.48. The molecule has 1 heterocycles. The number of amides is 1. The Kier molecular flexibility index (Phi) is 4.00. The molecule has 0 aliphatic rings. The van der Waals surface area contributed by atoms with Crippen LogP contribution in [0.4, 0.5) is 8.78 Å². The fourth-order valence-corrected chi connectivity index (χ4v) is 1.96. The average molecular weight is 219 g/mol. The zero-order chi connectivity index (χ0) is 10.6. The van der Waals surface area contributed by atoms with Crippen molar-refractivity contribution in [2.75, 3.05) is 0 Å². The summed E-state index contributed by atoms with van der Waals surface area (Å²) in [6, 6.07) is 3.36. The Morgan fingerprint density at radius 1 is 1.64 bits per heavy atom. The third-order valence-electron chi connectivity index (χ3n) is 1.81. The molecule has 0 bridgehead atoms. The Hall–Kier alpha value is -0.970. The molecule has 0 saturated carbocycles. The molecule has 1 N–H and O–H groups in total. The number of hydrogen-bond donors (Lipinski definition) is 1. The number of thiophene rings is 1. The van der Waals surface area contributed by atoms with Gasteiger partial charge in [0.15, 0.2) is 0 Å². The lowest BCUT2D eigenvalue weighted by Gasteiger charge is -2.14. The van der Waals surface area contributed by atoms with Gasteiger partial charge in [-0.1, -0.05) is 13.0 Å². The molecule has 1 amide bonds. The van der Waals surface area contributed by atoms with Crippen molar-refractivity contribution < 1.29 is 13.6 Å². The maximum atomic E-state index is 12.0. The molecule has 1 aromatic heterocycles. The Bertz CT molecular complexity index is 287. The number of carbonyl (C=O) groups is 1. The fourth-order valence-electron chi connectivity index (χ4n) is 1.10. The van der Waals surface area contributed by atoms with Crippen LogP contribution in [0.1, 0.15) is 24.3 Å². The van der Waals surface area contributed by atoms with Gasteiger partial charge in [0.05, 0.1) is 6.04 Å². The minimum absolute atomic E-state index is 0.295. The minimum Gasteiger partial charge on any atom is -0.344 e. The van der Waals surface area contributed by atoms with Crippen molar-refractivity contribution in [2.45, 2.75) is 25.8 Å². The maximum Gasteiger partial charge on any atom is 0.315 e. The van der Waals surface area contributed by atoms with E-state index in [4.69, 9.17) is 0 Å². The topological polar surface area (TPSA) is 29.1 Å². The van der Waals surface area contributed by atoms with E-state index in [2.05, 4.69) is 5.32 Å². The molecule has 0 aliphatic heterocycles. The van der Waals surface area contributed by atoms with Crippen LogP contribution in [0.2, 0.25) is 0 Å². The summed E-state index contributed by atoms with van der Waals surface area (Å²) in [5, 5.41) is 4.14. The second-order valence-electron chi connectivity index (χ2n) is 2.79. The summed E-state index contributed by atoms with van der Waals surface area (Å²) in [4.78, 5) is 11.7. The third-order valence-corrected chi connectivity index (χ3v) is 2.80. The summed E-state index contributed by atoms with van der Waals surface area (Å²) in [6.07, 6.45) is -2.33. The summed E-state index contributed by atoms with van der Waals surface area (Å²) in [5.74, 6) is -1.20.